The Labute approximate surface area is 318 Å². The minimum atomic E-state index is -1.34. The number of rotatable bonds is 4. The maximum Gasteiger partial charge on any atom is 0.488 e. The van der Waals surface area contributed by atoms with E-state index in [4.69, 9.17) is 31.6 Å². The summed E-state index contributed by atoms with van der Waals surface area (Å²) in [6, 6.07) is 52.9. The van der Waals surface area contributed by atoms with E-state index >= 15 is 0 Å². The Bertz CT molecular complexity index is 2410. The zero-order valence-corrected chi connectivity index (χ0v) is 30.5. The molecular weight excluding hydrogens is 671 g/mol. The highest BCUT2D eigenvalue weighted by Gasteiger charge is 2.08. The molecule has 0 amide bonds. The minimum Gasteiger partial charge on any atom is -0.423 e. The summed E-state index contributed by atoms with van der Waals surface area (Å²) in [6.45, 7) is 8.47. The second kappa shape index (κ2) is 17.8. The fraction of sp³-hybridized carbons (Fsp3) is 0.106. The Morgan fingerprint density at radius 2 is 0.868 bits per heavy atom. The molecule has 264 valence electrons. The second-order valence-corrected chi connectivity index (χ2v) is 13.5. The monoisotopic (exact) mass is 714 g/mol. The van der Waals surface area contributed by atoms with Gasteiger partial charge in [0.05, 0.1) is 22.4 Å². The summed E-state index contributed by atoms with van der Waals surface area (Å²) < 4.78 is 0. The Kier molecular flexibility index (Phi) is 12.9. The van der Waals surface area contributed by atoms with Gasteiger partial charge in [0.25, 0.3) is 0 Å². The van der Waals surface area contributed by atoms with Crippen LogP contribution in [0.2, 0.25) is 5.02 Å². The fourth-order valence-corrected chi connectivity index (χ4v) is 6.38. The van der Waals surface area contributed by atoms with Gasteiger partial charge in [-0.1, -0.05) is 144 Å². The Morgan fingerprint density at radius 3 is 1.34 bits per heavy atom. The van der Waals surface area contributed by atoms with Crippen molar-refractivity contribution in [1.29, 1.82) is 0 Å². The molecule has 0 saturated carbocycles. The van der Waals surface area contributed by atoms with E-state index in [2.05, 4.69) is 131 Å². The van der Waals surface area contributed by atoms with Crippen molar-refractivity contribution in [2.24, 2.45) is 0 Å². The second-order valence-electron chi connectivity index (χ2n) is 13.0. The third-order valence-electron chi connectivity index (χ3n) is 8.59. The SMILES string of the molecule is C.Cc1cc(C)cc(-c2ccc3ccc(-c4ccccc4)cc3n2)c1.Cc1cc(C)cc(-c2ccc3ccc(Cl)cc3n2)c1.OB(O)c1ccccc1. The van der Waals surface area contributed by atoms with Gasteiger partial charge in [-0.3, -0.25) is 0 Å². The first-order valence-electron chi connectivity index (χ1n) is 17.2. The topological polar surface area (TPSA) is 66.2 Å². The number of hydrogen-bond donors (Lipinski definition) is 2. The van der Waals surface area contributed by atoms with Gasteiger partial charge in [0, 0.05) is 26.9 Å². The van der Waals surface area contributed by atoms with E-state index < -0.39 is 7.12 Å². The summed E-state index contributed by atoms with van der Waals surface area (Å²) in [5.41, 5.74) is 14.3. The third kappa shape index (κ3) is 10.3. The van der Waals surface area contributed by atoms with Crippen molar-refractivity contribution in [2.75, 3.05) is 0 Å². The lowest BCUT2D eigenvalue weighted by Gasteiger charge is -2.08. The number of aromatic nitrogens is 2. The molecule has 6 aromatic carbocycles. The maximum absolute atomic E-state index is 8.58. The smallest absolute Gasteiger partial charge is 0.423 e. The maximum atomic E-state index is 8.58. The summed E-state index contributed by atoms with van der Waals surface area (Å²) in [5, 5.41) is 20.2. The molecule has 0 atom stereocenters. The highest BCUT2D eigenvalue weighted by Crippen LogP contribution is 2.28. The number of aryl methyl sites for hydroxylation is 4. The van der Waals surface area contributed by atoms with E-state index in [0.717, 1.165) is 38.4 Å². The van der Waals surface area contributed by atoms with Gasteiger partial charge in [-0.05, 0) is 98.9 Å². The zero-order valence-electron chi connectivity index (χ0n) is 29.8. The van der Waals surface area contributed by atoms with Gasteiger partial charge in [0.2, 0.25) is 0 Å². The van der Waals surface area contributed by atoms with Crippen LogP contribution in [0.4, 0.5) is 0 Å². The van der Waals surface area contributed by atoms with Crippen LogP contribution in [0.3, 0.4) is 0 Å². The molecule has 0 aliphatic heterocycles. The molecular formula is C47H44BClN2O2. The Morgan fingerprint density at radius 1 is 0.434 bits per heavy atom. The highest BCUT2D eigenvalue weighted by atomic mass is 35.5. The van der Waals surface area contributed by atoms with Crippen LogP contribution in [0, 0.1) is 27.7 Å². The molecule has 0 bridgehead atoms. The number of hydrogen-bond acceptors (Lipinski definition) is 4. The van der Waals surface area contributed by atoms with Crippen LogP contribution in [0.15, 0.2) is 158 Å². The predicted octanol–water partition coefficient (Wildman–Crippen LogP) is 11.4. The van der Waals surface area contributed by atoms with Gasteiger partial charge in [0.15, 0.2) is 0 Å². The number of fused-ring (bicyclic) bond motifs is 2. The summed E-state index contributed by atoms with van der Waals surface area (Å²) in [5.74, 6) is 0. The predicted molar refractivity (Wildman–Crippen MR) is 227 cm³/mol. The normalized spacial score (nSPS) is 10.4. The molecule has 2 N–H and O–H groups in total. The van der Waals surface area contributed by atoms with Crippen molar-refractivity contribution in [3.8, 4) is 33.6 Å². The molecule has 0 aliphatic rings. The van der Waals surface area contributed by atoms with E-state index in [-0.39, 0.29) is 7.43 Å². The summed E-state index contributed by atoms with van der Waals surface area (Å²) in [6.07, 6.45) is 0. The van der Waals surface area contributed by atoms with Gasteiger partial charge >= 0.3 is 7.12 Å². The summed E-state index contributed by atoms with van der Waals surface area (Å²) in [7, 11) is -1.34. The first-order valence-corrected chi connectivity index (χ1v) is 17.6. The quantitative estimate of drug-likeness (QED) is 0.178. The molecule has 2 heterocycles. The average molecular weight is 715 g/mol. The summed E-state index contributed by atoms with van der Waals surface area (Å²) >= 11 is 6.03. The minimum absolute atomic E-state index is 0. The van der Waals surface area contributed by atoms with E-state index in [0.29, 0.717) is 5.46 Å². The van der Waals surface area contributed by atoms with E-state index in [1.54, 1.807) is 24.3 Å². The molecule has 8 rings (SSSR count). The lowest BCUT2D eigenvalue weighted by Crippen LogP contribution is -2.29. The van der Waals surface area contributed by atoms with E-state index in [9.17, 15) is 0 Å². The van der Waals surface area contributed by atoms with Crippen LogP contribution in [-0.2, 0) is 0 Å². The van der Waals surface area contributed by atoms with Crippen molar-refractivity contribution in [3.05, 3.63) is 185 Å². The first-order chi connectivity index (χ1) is 25.1. The molecule has 8 aromatic rings. The third-order valence-corrected chi connectivity index (χ3v) is 8.82. The molecule has 0 saturated heterocycles. The highest BCUT2D eigenvalue weighted by molar-refractivity contribution is 6.58. The number of pyridine rings is 2. The van der Waals surface area contributed by atoms with Crippen LogP contribution in [0.5, 0.6) is 0 Å². The molecule has 53 heavy (non-hydrogen) atoms. The molecule has 2 aromatic heterocycles. The van der Waals surface area contributed by atoms with Gasteiger partial charge < -0.3 is 10.0 Å². The van der Waals surface area contributed by atoms with Crippen LogP contribution in [0.25, 0.3) is 55.4 Å². The lowest BCUT2D eigenvalue weighted by atomic mass is 9.81. The molecule has 0 fully saturated rings. The molecule has 4 nitrogen and oxygen atoms in total. The molecule has 0 radical (unpaired) electrons. The summed E-state index contributed by atoms with van der Waals surface area (Å²) in [4.78, 5) is 9.62. The standard InChI is InChI=1S/C23H19N.C17H14ClN.C6H7BO2.CH4/c1-16-12-17(2)14-21(13-16)22-11-10-19-8-9-20(15-23(19)24-22)18-6-4-3-5-7-18;1-11-7-12(2)9-14(8-11)16-6-4-13-3-5-15(18)10-17(13)19-16;8-7(9)6-4-2-1-3-5-6;/h3-15H,1-2H3;3-10H,1-2H3;1-5,8-9H;1H4. The fourth-order valence-electron chi connectivity index (χ4n) is 6.21. The van der Waals surface area contributed by atoms with Crippen LogP contribution >= 0.6 is 11.6 Å². The molecule has 0 aliphatic carbocycles. The van der Waals surface area contributed by atoms with Crippen LogP contribution in [-0.4, -0.2) is 27.1 Å². The molecule has 6 heteroatoms. The van der Waals surface area contributed by atoms with Gasteiger partial charge in [-0.25, -0.2) is 9.97 Å². The van der Waals surface area contributed by atoms with Crippen molar-refractivity contribution in [2.45, 2.75) is 35.1 Å². The lowest BCUT2D eigenvalue weighted by molar-refractivity contribution is 0.426. The van der Waals surface area contributed by atoms with Crippen molar-refractivity contribution in [1.82, 2.24) is 9.97 Å². The Balaban J connectivity index is 0.000000167. The Hall–Kier alpha value is -5.59. The number of benzene rings is 6. The first kappa shape index (κ1) is 38.6. The van der Waals surface area contributed by atoms with E-state index in [1.165, 1.54) is 44.3 Å². The van der Waals surface area contributed by atoms with Gasteiger partial charge in [-0.2, -0.15) is 0 Å². The van der Waals surface area contributed by atoms with Gasteiger partial charge in [-0.15, -0.1) is 0 Å². The largest absolute Gasteiger partial charge is 0.488 e. The average Bonchev–Trinajstić information content (AvgIpc) is 3.14. The van der Waals surface area contributed by atoms with Crippen molar-refractivity contribution in [3.63, 3.8) is 0 Å². The number of halogens is 1. The number of nitrogens with zero attached hydrogens (tertiary/aromatic N) is 2. The van der Waals surface area contributed by atoms with Crippen molar-refractivity contribution < 1.29 is 10.0 Å². The van der Waals surface area contributed by atoms with Crippen LogP contribution in [0.1, 0.15) is 29.7 Å². The molecule has 0 spiro atoms. The van der Waals surface area contributed by atoms with Gasteiger partial charge in [0.1, 0.15) is 0 Å². The zero-order chi connectivity index (χ0) is 36.6. The van der Waals surface area contributed by atoms with E-state index in [1.807, 2.05) is 30.3 Å². The van der Waals surface area contributed by atoms with Crippen LogP contribution < -0.4 is 5.46 Å². The molecule has 0 unspecified atom stereocenters. The van der Waals surface area contributed by atoms with Crippen molar-refractivity contribution >= 4 is 46.0 Å².